The molecule has 1 aromatic rings. The number of piperidine rings is 1. The highest BCUT2D eigenvalue weighted by atomic mass is 35.5. The molecule has 1 N–H and O–H groups in total. The van der Waals surface area contributed by atoms with E-state index in [0.717, 1.165) is 38.0 Å². The monoisotopic (exact) mass is 433 g/mol. The number of benzene rings is 1. The number of rotatable bonds is 6. The minimum Gasteiger partial charge on any atom is -0.392 e. The number of carbonyl (C=O) groups is 2. The van der Waals surface area contributed by atoms with Crippen molar-refractivity contribution in [2.24, 2.45) is 5.92 Å². The van der Waals surface area contributed by atoms with Crippen molar-refractivity contribution in [3.63, 3.8) is 0 Å². The lowest BCUT2D eigenvalue weighted by Gasteiger charge is -2.39. The molecule has 0 aliphatic carbocycles. The molecule has 1 aromatic carbocycles. The Bertz CT molecular complexity index is 775. The van der Waals surface area contributed by atoms with Crippen LogP contribution in [0.1, 0.15) is 32.3 Å². The van der Waals surface area contributed by atoms with Crippen molar-refractivity contribution in [2.75, 3.05) is 39.3 Å². The lowest BCUT2D eigenvalue weighted by atomic mass is 9.98. The normalized spacial score (nSPS) is 25.9. The summed E-state index contributed by atoms with van der Waals surface area (Å²) in [5.41, 5.74) is 0.852. The summed E-state index contributed by atoms with van der Waals surface area (Å²) in [5, 5.41) is 10.6. The summed E-state index contributed by atoms with van der Waals surface area (Å²) in [7, 11) is 0. The third-order valence-electron chi connectivity index (χ3n) is 5.91. The number of hydrogen-bond donors (Lipinski definition) is 1. The molecule has 0 aromatic heterocycles. The van der Waals surface area contributed by atoms with E-state index in [-0.39, 0.29) is 17.9 Å². The van der Waals surface area contributed by atoms with Gasteiger partial charge in [-0.3, -0.25) is 9.59 Å². The van der Waals surface area contributed by atoms with Gasteiger partial charge in [0.15, 0.2) is 0 Å². The van der Waals surface area contributed by atoms with Crippen molar-refractivity contribution in [3.8, 4) is 0 Å². The molecule has 6 nitrogen and oxygen atoms in total. The molecule has 0 saturated carbocycles. The lowest BCUT2D eigenvalue weighted by Crippen LogP contribution is -2.57. The molecule has 30 heavy (non-hydrogen) atoms. The smallest absolute Gasteiger partial charge is 0.247 e. The Balaban J connectivity index is 1.47. The Morgan fingerprint density at radius 1 is 1.23 bits per heavy atom. The second-order valence-corrected chi connectivity index (χ2v) is 8.97. The summed E-state index contributed by atoms with van der Waals surface area (Å²) in [5.74, 6) is 0.342. The molecule has 2 heterocycles. The number of amides is 2. The number of hydrogen-bond acceptors (Lipinski definition) is 4. The first-order valence-electron chi connectivity index (χ1n) is 10.8. The number of β-amino-alcohol motifs (C(OH)–C–C–N with tert-alkyl or cyclic N) is 1. The number of piperazine rings is 1. The van der Waals surface area contributed by atoms with E-state index in [0.29, 0.717) is 30.6 Å². The van der Waals surface area contributed by atoms with E-state index in [1.165, 1.54) is 6.08 Å². The molecule has 2 aliphatic heterocycles. The van der Waals surface area contributed by atoms with Crippen molar-refractivity contribution in [2.45, 2.75) is 38.8 Å². The van der Waals surface area contributed by atoms with E-state index in [1.807, 2.05) is 17.0 Å². The van der Waals surface area contributed by atoms with Crippen molar-refractivity contribution >= 4 is 29.5 Å². The highest BCUT2D eigenvalue weighted by molar-refractivity contribution is 6.30. The number of aliphatic hydroxyl groups excluding tert-OH is 1. The Hall–Kier alpha value is -1.89. The van der Waals surface area contributed by atoms with Gasteiger partial charge in [-0.05, 0) is 56.0 Å². The van der Waals surface area contributed by atoms with Gasteiger partial charge in [0.1, 0.15) is 6.04 Å². The predicted molar refractivity (Wildman–Crippen MR) is 119 cm³/mol. The fraction of sp³-hybridized carbons (Fsp3) is 0.565. The standard InChI is InChI=1S/C23H32ClN3O3/c1-17-13-21(28)16-25(15-17)9-4-10-26-11-12-27(18(2)23(26)30)22(29)8-7-19-5-3-6-20(24)14-19/h3,5-8,14,17-18,21,28H,4,9-13,15-16H2,1-2H3/b8-7+/t17-,18?,21-/m0/s1. The minimum atomic E-state index is -0.466. The predicted octanol–water partition coefficient (Wildman–Crippen LogP) is 2.51. The third kappa shape index (κ3) is 6.06. The maximum atomic E-state index is 12.8. The molecule has 0 spiro atoms. The van der Waals surface area contributed by atoms with Crippen molar-refractivity contribution in [1.29, 1.82) is 0 Å². The van der Waals surface area contributed by atoms with Crippen LogP contribution in [0.25, 0.3) is 6.08 Å². The van der Waals surface area contributed by atoms with Gasteiger partial charge in [-0.15, -0.1) is 0 Å². The summed E-state index contributed by atoms with van der Waals surface area (Å²) in [6.07, 6.45) is 4.74. The van der Waals surface area contributed by atoms with Gasteiger partial charge in [0, 0.05) is 43.8 Å². The van der Waals surface area contributed by atoms with Gasteiger partial charge in [-0.2, -0.15) is 0 Å². The fourth-order valence-electron chi connectivity index (χ4n) is 4.42. The molecule has 2 saturated heterocycles. The highest BCUT2D eigenvalue weighted by Crippen LogP contribution is 2.18. The van der Waals surface area contributed by atoms with Crippen LogP contribution in [-0.2, 0) is 9.59 Å². The van der Waals surface area contributed by atoms with Crippen LogP contribution in [0.5, 0.6) is 0 Å². The molecule has 3 atom stereocenters. The molecule has 0 radical (unpaired) electrons. The van der Waals surface area contributed by atoms with Crippen LogP contribution in [0, 0.1) is 5.92 Å². The molecule has 7 heteroatoms. The zero-order valence-corrected chi connectivity index (χ0v) is 18.6. The van der Waals surface area contributed by atoms with Gasteiger partial charge >= 0.3 is 0 Å². The number of halogens is 1. The Labute approximate surface area is 184 Å². The van der Waals surface area contributed by atoms with Crippen LogP contribution in [0.15, 0.2) is 30.3 Å². The van der Waals surface area contributed by atoms with Crippen LogP contribution in [0.2, 0.25) is 5.02 Å². The van der Waals surface area contributed by atoms with Gasteiger partial charge in [-0.25, -0.2) is 0 Å². The highest BCUT2D eigenvalue weighted by Gasteiger charge is 2.33. The summed E-state index contributed by atoms with van der Waals surface area (Å²) in [6, 6.07) is 6.83. The van der Waals surface area contributed by atoms with E-state index in [1.54, 1.807) is 30.0 Å². The summed E-state index contributed by atoms with van der Waals surface area (Å²) in [4.78, 5) is 31.2. The van der Waals surface area contributed by atoms with Crippen LogP contribution < -0.4 is 0 Å². The Morgan fingerprint density at radius 2 is 2.03 bits per heavy atom. The molecule has 1 unspecified atom stereocenters. The van der Waals surface area contributed by atoms with Gasteiger partial charge in [-0.1, -0.05) is 30.7 Å². The van der Waals surface area contributed by atoms with E-state index in [2.05, 4.69) is 11.8 Å². The van der Waals surface area contributed by atoms with Crippen molar-refractivity contribution in [3.05, 3.63) is 40.9 Å². The largest absolute Gasteiger partial charge is 0.392 e. The SMILES string of the molecule is CC1C(=O)N(CCCN2C[C@@H](C)C[C@H](O)C2)CCN1C(=O)/C=C/c1cccc(Cl)c1. The van der Waals surface area contributed by atoms with E-state index < -0.39 is 6.04 Å². The molecular formula is C23H32ClN3O3. The average Bonchev–Trinajstić information content (AvgIpc) is 2.69. The second kappa shape index (κ2) is 10.4. The molecular weight excluding hydrogens is 402 g/mol. The van der Waals surface area contributed by atoms with Crippen molar-refractivity contribution in [1.82, 2.24) is 14.7 Å². The van der Waals surface area contributed by atoms with Gasteiger partial charge in [0.25, 0.3) is 0 Å². The second-order valence-electron chi connectivity index (χ2n) is 8.53. The van der Waals surface area contributed by atoms with Crippen LogP contribution in [-0.4, -0.2) is 83.0 Å². The average molecular weight is 434 g/mol. The number of nitrogens with zero attached hydrogens (tertiary/aromatic N) is 3. The van der Waals surface area contributed by atoms with Crippen LogP contribution >= 0.6 is 11.6 Å². The van der Waals surface area contributed by atoms with Crippen molar-refractivity contribution < 1.29 is 14.7 Å². The first kappa shape index (κ1) is 22.8. The quantitative estimate of drug-likeness (QED) is 0.700. The molecule has 2 fully saturated rings. The summed E-state index contributed by atoms with van der Waals surface area (Å²) < 4.78 is 0. The van der Waals surface area contributed by atoms with Crippen LogP contribution in [0.3, 0.4) is 0 Å². The minimum absolute atomic E-state index is 0.00203. The Morgan fingerprint density at radius 3 is 2.77 bits per heavy atom. The fourth-order valence-corrected chi connectivity index (χ4v) is 4.62. The molecule has 2 aliphatic rings. The maximum absolute atomic E-state index is 12.8. The van der Waals surface area contributed by atoms with Gasteiger partial charge < -0.3 is 19.8 Å². The first-order valence-corrected chi connectivity index (χ1v) is 11.1. The maximum Gasteiger partial charge on any atom is 0.247 e. The topological polar surface area (TPSA) is 64.1 Å². The zero-order chi connectivity index (χ0) is 21.7. The van der Waals surface area contributed by atoms with Gasteiger partial charge in [0.2, 0.25) is 11.8 Å². The first-order chi connectivity index (χ1) is 14.3. The summed E-state index contributed by atoms with van der Waals surface area (Å²) >= 11 is 5.98. The lowest BCUT2D eigenvalue weighted by molar-refractivity contribution is -0.148. The number of aliphatic hydroxyl groups is 1. The zero-order valence-electron chi connectivity index (χ0n) is 17.8. The molecule has 2 amide bonds. The van der Waals surface area contributed by atoms with Crippen LogP contribution in [0.4, 0.5) is 0 Å². The summed E-state index contributed by atoms with van der Waals surface area (Å²) in [6.45, 7) is 8.33. The van der Waals surface area contributed by atoms with E-state index >= 15 is 0 Å². The molecule has 0 bridgehead atoms. The Kier molecular flexibility index (Phi) is 7.92. The molecule has 164 valence electrons. The van der Waals surface area contributed by atoms with Gasteiger partial charge in [0.05, 0.1) is 6.10 Å². The number of likely N-dealkylation sites (tertiary alicyclic amines) is 1. The van der Waals surface area contributed by atoms with E-state index in [4.69, 9.17) is 11.6 Å². The molecule has 3 rings (SSSR count). The van der Waals surface area contributed by atoms with E-state index in [9.17, 15) is 14.7 Å². The third-order valence-corrected chi connectivity index (χ3v) is 6.15. The number of carbonyl (C=O) groups excluding carboxylic acids is 2.